The van der Waals surface area contributed by atoms with E-state index in [-0.39, 0.29) is 12.0 Å². The summed E-state index contributed by atoms with van der Waals surface area (Å²) in [6, 6.07) is 10.1. The normalized spacial score (nSPS) is 21.9. The second-order valence-electron chi connectivity index (χ2n) is 6.83. The first-order chi connectivity index (χ1) is 10.3. The van der Waals surface area contributed by atoms with Gasteiger partial charge in [0, 0.05) is 25.6 Å². The van der Waals surface area contributed by atoms with Gasteiger partial charge < -0.3 is 20.1 Å². The Kier molecular flexibility index (Phi) is 5.42. The van der Waals surface area contributed by atoms with Crippen molar-refractivity contribution in [2.45, 2.75) is 39.0 Å². The minimum atomic E-state index is -0.508. The van der Waals surface area contributed by atoms with Crippen LogP contribution in [0, 0.1) is 5.92 Å². The molecular weight excluding hydrogens is 280 g/mol. The molecule has 2 atom stereocenters. The van der Waals surface area contributed by atoms with Gasteiger partial charge in [-0.25, -0.2) is 4.79 Å². The average Bonchev–Trinajstić information content (AvgIpc) is 2.80. The first-order valence-corrected chi connectivity index (χ1v) is 7.76. The number of rotatable bonds is 4. The summed E-state index contributed by atoms with van der Waals surface area (Å²) in [4.78, 5) is 13.6. The molecule has 1 saturated heterocycles. The molecule has 1 aromatic carbocycles. The van der Waals surface area contributed by atoms with Crippen molar-refractivity contribution in [1.29, 1.82) is 0 Å². The van der Waals surface area contributed by atoms with E-state index < -0.39 is 11.7 Å². The van der Waals surface area contributed by atoms with Gasteiger partial charge >= 0.3 is 6.09 Å². The molecule has 0 aliphatic carbocycles. The highest BCUT2D eigenvalue weighted by atomic mass is 16.6. The zero-order valence-corrected chi connectivity index (χ0v) is 13.6. The van der Waals surface area contributed by atoms with Crippen LogP contribution in [0.1, 0.15) is 26.3 Å². The fraction of sp³-hybridized carbons (Fsp3) is 0.588. The first kappa shape index (κ1) is 16.8. The Morgan fingerprint density at radius 2 is 2.00 bits per heavy atom. The van der Waals surface area contributed by atoms with Gasteiger partial charge in [0.15, 0.2) is 0 Å². The Labute approximate surface area is 132 Å². The predicted molar refractivity (Wildman–Crippen MR) is 85.5 cm³/mol. The monoisotopic (exact) mass is 306 g/mol. The van der Waals surface area contributed by atoms with Gasteiger partial charge in [-0.3, -0.25) is 0 Å². The van der Waals surface area contributed by atoms with E-state index in [0.717, 1.165) is 6.54 Å². The van der Waals surface area contributed by atoms with Gasteiger partial charge in [-0.05, 0) is 26.3 Å². The molecule has 1 aliphatic heterocycles. The molecule has 5 nitrogen and oxygen atoms in total. The standard InChI is InChI=1S/C17H26N2O3/c1-17(2,3)22-16(21)19-11-14(15(20)12-19)10-18-9-13-7-5-4-6-8-13/h4-8,14-15,18,20H,9-12H2,1-3H3/t14-,15+/m0/s1. The summed E-state index contributed by atoms with van der Waals surface area (Å²) >= 11 is 0. The van der Waals surface area contributed by atoms with Crippen molar-refractivity contribution in [3.8, 4) is 0 Å². The van der Waals surface area contributed by atoms with Crippen LogP contribution in [0.25, 0.3) is 0 Å². The smallest absolute Gasteiger partial charge is 0.410 e. The maximum atomic E-state index is 12.0. The summed E-state index contributed by atoms with van der Waals surface area (Å²) in [5, 5.41) is 13.5. The Hall–Kier alpha value is -1.59. The molecular formula is C17H26N2O3. The summed E-state index contributed by atoms with van der Waals surface area (Å²) in [6.07, 6.45) is -0.854. The second kappa shape index (κ2) is 7.11. The van der Waals surface area contributed by atoms with Gasteiger partial charge in [0.1, 0.15) is 5.60 Å². The van der Waals surface area contributed by atoms with E-state index in [2.05, 4.69) is 17.4 Å². The quantitative estimate of drug-likeness (QED) is 0.893. The van der Waals surface area contributed by atoms with Crippen molar-refractivity contribution in [1.82, 2.24) is 10.2 Å². The summed E-state index contributed by atoms with van der Waals surface area (Å²) < 4.78 is 5.35. The van der Waals surface area contributed by atoms with Gasteiger partial charge in [-0.15, -0.1) is 0 Å². The maximum absolute atomic E-state index is 12.0. The lowest BCUT2D eigenvalue weighted by molar-refractivity contribution is 0.0270. The second-order valence-corrected chi connectivity index (χ2v) is 6.83. The molecule has 1 heterocycles. The zero-order chi connectivity index (χ0) is 16.2. The van der Waals surface area contributed by atoms with Crippen LogP contribution in [-0.2, 0) is 11.3 Å². The summed E-state index contributed by atoms with van der Waals surface area (Å²) in [6.45, 7) is 7.83. The summed E-state index contributed by atoms with van der Waals surface area (Å²) in [5.74, 6) is 0.0382. The van der Waals surface area contributed by atoms with E-state index in [9.17, 15) is 9.90 Å². The van der Waals surface area contributed by atoms with E-state index in [1.807, 2.05) is 39.0 Å². The van der Waals surface area contributed by atoms with Crippen LogP contribution in [-0.4, -0.2) is 47.4 Å². The summed E-state index contributed by atoms with van der Waals surface area (Å²) in [7, 11) is 0. The Balaban J connectivity index is 1.77. The van der Waals surface area contributed by atoms with Crippen molar-refractivity contribution in [2.24, 2.45) is 5.92 Å². The molecule has 122 valence electrons. The van der Waals surface area contributed by atoms with Crippen molar-refractivity contribution in [2.75, 3.05) is 19.6 Å². The highest BCUT2D eigenvalue weighted by Gasteiger charge is 2.35. The van der Waals surface area contributed by atoms with E-state index in [0.29, 0.717) is 19.6 Å². The lowest BCUT2D eigenvalue weighted by Gasteiger charge is -2.24. The fourth-order valence-corrected chi connectivity index (χ4v) is 2.53. The van der Waals surface area contributed by atoms with Crippen molar-refractivity contribution in [3.05, 3.63) is 35.9 Å². The number of nitrogens with one attached hydrogen (secondary N) is 1. The van der Waals surface area contributed by atoms with Crippen LogP contribution < -0.4 is 5.32 Å². The number of hydrogen-bond donors (Lipinski definition) is 2. The number of aliphatic hydroxyl groups is 1. The van der Waals surface area contributed by atoms with Crippen LogP contribution in [0.15, 0.2) is 30.3 Å². The predicted octanol–water partition coefficient (Wildman–Crippen LogP) is 2.00. The number of ether oxygens (including phenoxy) is 1. The van der Waals surface area contributed by atoms with Gasteiger partial charge in [0.25, 0.3) is 0 Å². The van der Waals surface area contributed by atoms with E-state index in [1.54, 1.807) is 4.90 Å². The number of hydrogen-bond acceptors (Lipinski definition) is 4. The van der Waals surface area contributed by atoms with Crippen molar-refractivity contribution >= 4 is 6.09 Å². The molecule has 5 heteroatoms. The molecule has 1 fully saturated rings. The number of amides is 1. The third kappa shape index (κ3) is 5.00. The molecule has 2 N–H and O–H groups in total. The number of carbonyl (C=O) groups excluding carboxylic acids is 1. The molecule has 2 rings (SSSR count). The molecule has 0 saturated carbocycles. The molecule has 0 aromatic heterocycles. The van der Waals surface area contributed by atoms with Crippen LogP contribution in [0.5, 0.6) is 0 Å². The van der Waals surface area contributed by atoms with Gasteiger partial charge in [0.2, 0.25) is 0 Å². The maximum Gasteiger partial charge on any atom is 0.410 e. The third-order valence-corrected chi connectivity index (χ3v) is 3.64. The first-order valence-electron chi connectivity index (χ1n) is 7.76. The number of nitrogens with zero attached hydrogens (tertiary/aromatic N) is 1. The molecule has 22 heavy (non-hydrogen) atoms. The molecule has 1 aromatic rings. The SMILES string of the molecule is CC(C)(C)OC(=O)N1C[C@H](CNCc2ccccc2)[C@H](O)C1. The van der Waals surface area contributed by atoms with Gasteiger partial charge in [-0.2, -0.15) is 0 Å². The third-order valence-electron chi connectivity index (χ3n) is 3.64. The average molecular weight is 306 g/mol. The topological polar surface area (TPSA) is 61.8 Å². The molecule has 0 bridgehead atoms. The van der Waals surface area contributed by atoms with Crippen molar-refractivity contribution in [3.63, 3.8) is 0 Å². The Morgan fingerprint density at radius 1 is 1.32 bits per heavy atom. The molecule has 0 radical (unpaired) electrons. The number of benzene rings is 1. The molecule has 0 unspecified atom stereocenters. The molecule has 1 aliphatic rings. The molecule has 0 spiro atoms. The number of carbonyl (C=O) groups is 1. The van der Waals surface area contributed by atoms with Gasteiger partial charge in [-0.1, -0.05) is 30.3 Å². The number of likely N-dealkylation sites (tertiary alicyclic amines) is 1. The highest BCUT2D eigenvalue weighted by molar-refractivity contribution is 5.68. The van der Waals surface area contributed by atoms with E-state index >= 15 is 0 Å². The van der Waals surface area contributed by atoms with Crippen molar-refractivity contribution < 1.29 is 14.6 Å². The van der Waals surface area contributed by atoms with Crippen LogP contribution in [0.2, 0.25) is 0 Å². The summed E-state index contributed by atoms with van der Waals surface area (Å²) in [5.41, 5.74) is 0.699. The largest absolute Gasteiger partial charge is 0.444 e. The minimum Gasteiger partial charge on any atom is -0.444 e. The zero-order valence-electron chi connectivity index (χ0n) is 13.6. The van der Waals surface area contributed by atoms with Crippen LogP contribution in [0.4, 0.5) is 4.79 Å². The number of β-amino-alcohol motifs (C(OH)–C–C–N with tert-alkyl or cyclic N) is 1. The van der Waals surface area contributed by atoms with Crippen LogP contribution in [0.3, 0.4) is 0 Å². The fourth-order valence-electron chi connectivity index (χ4n) is 2.53. The Bertz CT molecular complexity index is 484. The lowest BCUT2D eigenvalue weighted by atomic mass is 10.1. The van der Waals surface area contributed by atoms with Crippen LogP contribution >= 0.6 is 0 Å². The number of aliphatic hydroxyl groups excluding tert-OH is 1. The Morgan fingerprint density at radius 3 is 2.64 bits per heavy atom. The minimum absolute atomic E-state index is 0.0382. The highest BCUT2D eigenvalue weighted by Crippen LogP contribution is 2.19. The molecule has 1 amide bonds. The lowest BCUT2D eigenvalue weighted by Crippen LogP contribution is -2.36. The van der Waals surface area contributed by atoms with Gasteiger partial charge in [0.05, 0.1) is 12.6 Å². The van der Waals surface area contributed by atoms with E-state index in [4.69, 9.17) is 4.74 Å². The van der Waals surface area contributed by atoms with E-state index in [1.165, 1.54) is 5.56 Å².